The van der Waals surface area contributed by atoms with Crippen LogP contribution < -0.4 is 0 Å². The Morgan fingerprint density at radius 3 is 3.00 bits per heavy atom. The molecule has 1 rings (SSSR count). The summed E-state index contributed by atoms with van der Waals surface area (Å²) in [6.07, 6.45) is 1.10. The van der Waals surface area contributed by atoms with Crippen LogP contribution in [-0.4, -0.2) is 29.9 Å². The fraction of sp³-hybridized carbons (Fsp3) is 0.625. The number of carbonyl (C=O) groups excluding carboxylic acids is 1. The first kappa shape index (κ1) is 9.22. The number of ether oxygens (including phenoxy) is 2. The molecule has 4 heteroatoms. The SMILES string of the molecule is CC(=O)OC1=CC(C)OC1CO. The normalized spacial score (nSPS) is 28.4. The maximum absolute atomic E-state index is 10.6. The van der Waals surface area contributed by atoms with Gasteiger partial charge in [0.2, 0.25) is 0 Å². The van der Waals surface area contributed by atoms with Crippen molar-refractivity contribution in [2.75, 3.05) is 6.61 Å². The molecule has 0 aromatic rings. The first-order valence-electron chi connectivity index (χ1n) is 3.80. The van der Waals surface area contributed by atoms with Crippen molar-refractivity contribution in [3.63, 3.8) is 0 Å². The molecule has 2 unspecified atom stereocenters. The highest BCUT2D eigenvalue weighted by molar-refractivity contribution is 5.67. The summed E-state index contributed by atoms with van der Waals surface area (Å²) in [5.74, 6) is 0.0231. The molecule has 0 radical (unpaired) electrons. The topological polar surface area (TPSA) is 55.8 Å². The van der Waals surface area contributed by atoms with Gasteiger partial charge < -0.3 is 14.6 Å². The molecule has 1 aliphatic heterocycles. The molecule has 2 atom stereocenters. The Morgan fingerprint density at radius 1 is 1.83 bits per heavy atom. The molecule has 4 nitrogen and oxygen atoms in total. The van der Waals surface area contributed by atoms with Gasteiger partial charge in [-0.1, -0.05) is 0 Å². The zero-order valence-corrected chi connectivity index (χ0v) is 7.11. The molecule has 0 bridgehead atoms. The predicted molar refractivity (Wildman–Crippen MR) is 41.3 cm³/mol. The lowest BCUT2D eigenvalue weighted by molar-refractivity contribution is -0.138. The molecule has 0 saturated heterocycles. The second-order valence-electron chi connectivity index (χ2n) is 2.68. The van der Waals surface area contributed by atoms with Crippen molar-refractivity contribution in [2.24, 2.45) is 0 Å². The van der Waals surface area contributed by atoms with E-state index in [2.05, 4.69) is 0 Å². The molecule has 68 valence electrons. The summed E-state index contributed by atoms with van der Waals surface area (Å²) in [6.45, 7) is 2.97. The maximum Gasteiger partial charge on any atom is 0.307 e. The zero-order chi connectivity index (χ0) is 9.14. The largest absolute Gasteiger partial charge is 0.429 e. The fourth-order valence-electron chi connectivity index (χ4n) is 1.10. The van der Waals surface area contributed by atoms with Gasteiger partial charge in [-0.05, 0) is 13.0 Å². The van der Waals surface area contributed by atoms with Crippen LogP contribution in [0, 0.1) is 0 Å². The van der Waals surface area contributed by atoms with Gasteiger partial charge in [0.05, 0.1) is 12.7 Å². The average Bonchev–Trinajstić information content (AvgIpc) is 2.29. The van der Waals surface area contributed by atoms with E-state index in [4.69, 9.17) is 14.6 Å². The van der Waals surface area contributed by atoms with Crippen molar-refractivity contribution in [1.29, 1.82) is 0 Å². The molecule has 0 aromatic carbocycles. The van der Waals surface area contributed by atoms with Crippen LogP contribution in [0.25, 0.3) is 0 Å². The predicted octanol–water partition coefficient (Wildman–Crippen LogP) is 0.213. The van der Waals surface area contributed by atoms with E-state index in [1.807, 2.05) is 6.92 Å². The second-order valence-corrected chi connectivity index (χ2v) is 2.68. The van der Waals surface area contributed by atoms with Crippen LogP contribution in [0.2, 0.25) is 0 Å². The van der Waals surface area contributed by atoms with Crippen LogP contribution >= 0.6 is 0 Å². The van der Waals surface area contributed by atoms with E-state index in [1.54, 1.807) is 6.08 Å². The summed E-state index contributed by atoms with van der Waals surface area (Å²) in [5, 5.41) is 8.81. The van der Waals surface area contributed by atoms with E-state index in [0.717, 1.165) is 0 Å². The molecule has 1 N–H and O–H groups in total. The third kappa shape index (κ3) is 2.06. The Morgan fingerprint density at radius 2 is 2.50 bits per heavy atom. The minimum Gasteiger partial charge on any atom is -0.429 e. The molecule has 0 amide bonds. The minimum absolute atomic E-state index is 0.100. The van der Waals surface area contributed by atoms with Gasteiger partial charge in [0.15, 0.2) is 0 Å². The monoisotopic (exact) mass is 172 g/mol. The molecular weight excluding hydrogens is 160 g/mol. The molecule has 1 heterocycles. The van der Waals surface area contributed by atoms with Crippen molar-refractivity contribution in [3.05, 3.63) is 11.8 Å². The van der Waals surface area contributed by atoms with Crippen LogP contribution in [0.5, 0.6) is 0 Å². The van der Waals surface area contributed by atoms with Gasteiger partial charge in [0.1, 0.15) is 11.9 Å². The summed E-state index contributed by atoms with van der Waals surface area (Å²) in [5.41, 5.74) is 0. The van der Waals surface area contributed by atoms with Crippen molar-refractivity contribution in [2.45, 2.75) is 26.1 Å². The zero-order valence-electron chi connectivity index (χ0n) is 7.11. The summed E-state index contributed by atoms with van der Waals surface area (Å²) in [4.78, 5) is 10.6. The van der Waals surface area contributed by atoms with Crippen molar-refractivity contribution in [3.8, 4) is 0 Å². The van der Waals surface area contributed by atoms with Gasteiger partial charge in [-0.25, -0.2) is 0 Å². The lowest BCUT2D eigenvalue weighted by Crippen LogP contribution is -2.19. The Kier molecular flexibility index (Phi) is 2.83. The van der Waals surface area contributed by atoms with Crippen LogP contribution in [0.4, 0.5) is 0 Å². The molecule has 12 heavy (non-hydrogen) atoms. The Hall–Kier alpha value is -0.870. The Bertz CT molecular complexity index is 209. The summed E-state index contributed by atoms with van der Waals surface area (Å²) in [7, 11) is 0. The van der Waals surface area contributed by atoms with Gasteiger partial charge in [-0.15, -0.1) is 0 Å². The highest BCUT2D eigenvalue weighted by Crippen LogP contribution is 2.20. The first-order valence-corrected chi connectivity index (χ1v) is 3.80. The van der Waals surface area contributed by atoms with E-state index in [0.29, 0.717) is 5.76 Å². The van der Waals surface area contributed by atoms with Crippen molar-refractivity contribution >= 4 is 5.97 Å². The molecule has 0 saturated carbocycles. The molecule has 0 aliphatic carbocycles. The number of aliphatic hydroxyl groups is 1. The van der Waals surface area contributed by atoms with E-state index in [1.165, 1.54) is 6.92 Å². The summed E-state index contributed by atoms with van der Waals surface area (Å²) in [6, 6.07) is 0. The van der Waals surface area contributed by atoms with Crippen LogP contribution in [0.1, 0.15) is 13.8 Å². The smallest absolute Gasteiger partial charge is 0.307 e. The third-order valence-electron chi connectivity index (χ3n) is 1.52. The quantitative estimate of drug-likeness (QED) is 0.605. The highest BCUT2D eigenvalue weighted by Gasteiger charge is 2.26. The van der Waals surface area contributed by atoms with Gasteiger partial charge in [0.25, 0.3) is 0 Å². The van der Waals surface area contributed by atoms with Crippen molar-refractivity contribution in [1.82, 2.24) is 0 Å². The average molecular weight is 172 g/mol. The number of rotatable bonds is 2. The maximum atomic E-state index is 10.6. The molecular formula is C8H12O4. The van der Waals surface area contributed by atoms with Gasteiger partial charge in [-0.2, -0.15) is 0 Å². The van der Waals surface area contributed by atoms with E-state index in [9.17, 15) is 4.79 Å². The van der Waals surface area contributed by atoms with Gasteiger partial charge in [0, 0.05) is 6.92 Å². The fourth-order valence-corrected chi connectivity index (χ4v) is 1.10. The number of hydrogen-bond donors (Lipinski definition) is 1. The van der Waals surface area contributed by atoms with E-state index in [-0.39, 0.29) is 12.7 Å². The minimum atomic E-state index is -0.483. The summed E-state index contributed by atoms with van der Waals surface area (Å²) >= 11 is 0. The Labute approximate surface area is 70.8 Å². The number of esters is 1. The highest BCUT2D eigenvalue weighted by atomic mass is 16.6. The van der Waals surface area contributed by atoms with Crippen LogP contribution in [0.15, 0.2) is 11.8 Å². The van der Waals surface area contributed by atoms with Crippen molar-refractivity contribution < 1.29 is 19.4 Å². The van der Waals surface area contributed by atoms with Gasteiger partial charge >= 0.3 is 5.97 Å². The van der Waals surface area contributed by atoms with Crippen LogP contribution in [-0.2, 0) is 14.3 Å². The molecule has 0 aromatic heterocycles. The second kappa shape index (κ2) is 3.69. The molecule has 1 aliphatic rings. The number of carbonyl (C=O) groups is 1. The number of aliphatic hydroxyl groups excluding tert-OH is 1. The Balaban J connectivity index is 2.59. The summed E-state index contributed by atoms with van der Waals surface area (Å²) < 4.78 is 10.0. The standard InChI is InChI=1S/C8H12O4/c1-5-3-7(12-6(2)10)8(4-9)11-5/h3,5,8-9H,4H2,1-2H3. The molecule has 0 spiro atoms. The lowest BCUT2D eigenvalue weighted by atomic mass is 10.3. The molecule has 0 fully saturated rings. The third-order valence-corrected chi connectivity index (χ3v) is 1.52. The van der Waals surface area contributed by atoms with E-state index >= 15 is 0 Å². The van der Waals surface area contributed by atoms with Gasteiger partial charge in [-0.3, -0.25) is 4.79 Å². The first-order chi connectivity index (χ1) is 5.63. The van der Waals surface area contributed by atoms with Crippen LogP contribution in [0.3, 0.4) is 0 Å². The number of hydrogen-bond acceptors (Lipinski definition) is 4. The van der Waals surface area contributed by atoms with E-state index < -0.39 is 12.1 Å². The lowest BCUT2D eigenvalue weighted by Gasteiger charge is -2.11.